The van der Waals surface area contributed by atoms with Crippen LogP contribution >= 0.6 is 12.6 Å². The van der Waals surface area contributed by atoms with Gasteiger partial charge in [-0.25, -0.2) is 0 Å². The van der Waals surface area contributed by atoms with E-state index in [4.69, 9.17) is 5.11 Å². The summed E-state index contributed by atoms with van der Waals surface area (Å²) in [4.78, 5) is 10.7. The van der Waals surface area contributed by atoms with Crippen molar-refractivity contribution < 1.29 is 9.90 Å². The number of rotatable bonds is 9. The molecule has 0 aromatic rings. The molecule has 0 fully saturated rings. The number of unbranched alkanes of at least 4 members (excludes halogenated alkanes) is 3. The molecule has 3 heteroatoms. The van der Waals surface area contributed by atoms with Crippen molar-refractivity contribution >= 4 is 18.6 Å². The minimum absolute atomic E-state index is 0.251. The van der Waals surface area contributed by atoms with E-state index in [0.29, 0.717) is 5.75 Å². The van der Waals surface area contributed by atoms with Gasteiger partial charge in [-0.1, -0.05) is 46.0 Å². The first kappa shape index (κ1) is 14.8. The lowest BCUT2D eigenvalue weighted by Crippen LogP contribution is -2.14. The minimum Gasteiger partial charge on any atom is -0.481 e. The molecule has 1 atom stereocenters. The second-order valence-corrected chi connectivity index (χ2v) is 4.97. The monoisotopic (exact) mass is 232 g/mol. The summed E-state index contributed by atoms with van der Waals surface area (Å²) in [5, 5.41) is 8.80. The molecule has 0 radical (unpaired) electrons. The number of aliphatic carboxylic acids is 1. The molecule has 1 N–H and O–H groups in total. The molecule has 0 aliphatic heterocycles. The normalized spacial score (nSPS) is 13.1. The summed E-state index contributed by atoms with van der Waals surface area (Å²) in [6, 6.07) is 0. The lowest BCUT2D eigenvalue weighted by atomic mass is 10.0. The topological polar surface area (TPSA) is 37.3 Å². The quantitative estimate of drug-likeness (QED) is 0.470. The summed E-state index contributed by atoms with van der Waals surface area (Å²) in [5.41, 5.74) is 0. The van der Waals surface area contributed by atoms with Crippen LogP contribution in [-0.2, 0) is 4.79 Å². The number of hydrogen-bond acceptors (Lipinski definition) is 2. The highest BCUT2D eigenvalue weighted by molar-refractivity contribution is 7.80. The van der Waals surface area contributed by atoms with Gasteiger partial charge in [0.15, 0.2) is 0 Å². The zero-order valence-corrected chi connectivity index (χ0v) is 10.8. The van der Waals surface area contributed by atoms with E-state index in [9.17, 15) is 4.79 Å². The molecular weight excluding hydrogens is 208 g/mol. The Hall–Kier alpha value is -0.180. The van der Waals surface area contributed by atoms with Crippen LogP contribution in [0.4, 0.5) is 0 Å². The number of thiol groups is 1. The van der Waals surface area contributed by atoms with Crippen LogP contribution in [0.25, 0.3) is 0 Å². The molecule has 90 valence electrons. The summed E-state index contributed by atoms with van der Waals surface area (Å²) < 4.78 is 0. The van der Waals surface area contributed by atoms with E-state index in [-0.39, 0.29) is 5.92 Å². The Bertz CT molecular complexity index is 169. The molecule has 0 saturated heterocycles. The van der Waals surface area contributed by atoms with Gasteiger partial charge in [0.05, 0.1) is 5.92 Å². The fourth-order valence-electron chi connectivity index (χ4n) is 1.59. The van der Waals surface area contributed by atoms with E-state index >= 15 is 0 Å². The maximum atomic E-state index is 10.7. The lowest BCUT2D eigenvalue weighted by Gasteiger charge is -2.08. The number of carbonyl (C=O) groups is 1. The van der Waals surface area contributed by atoms with Crippen LogP contribution in [0.1, 0.15) is 52.4 Å². The number of carboxylic acid groups (broad SMARTS) is 1. The van der Waals surface area contributed by atoms with Crippen molar-refractivity contribution in [3.05, 3.63) is 0 Å². The first-order valence-corrected chi connectivity index (χ1v) is 6.54. The van der Waals surface area contributed by atoms with E-state index in [2.05, 4.69) is 26.5 Å². The van der Waals surface area contributed by atoms with Crippen LogP contribution in [0.2, 0.25) is 0 Å². The Kier molecular flexibility index (Phi) is 8.97. The first-order valence-electron chi connectivity index (χ1n) is 5.91. The average molecular weight is 232 g/mol. The summed E-state index contributed by atoms with van der Waals surface area (Å²) in [6.45, 7) is 4.47. The molecule has 0 amide bonds. The Morgan fingerprint density at radius 1 is 1.13 bits per heavy atom. The largest absolute Gasteiger partial charge is 0.481 e. The average Bonchev–Trinajstić information content (AvgIpc) is 2.15. The standard InChI is InChI=1S/C12H24O2S/c1-10(2)7-5-3-4-6-8-11(9-15)12(13)14/h10-11,15H,3-9H2,1-2H3,(H,13,14). The van der Waals surface area contributed by atoms with Crippen molar-refractivity contribution in [2.75, 3.05) is 5.75 Å². The van der Waals surface area contributed by atoms with Gasteiger partial charge in [-0.3, -0.25) is 4.79 Å². The van der Waals surface area contributed by atoms with Gasteiger partial charge in [0.2, 0.25) is 0 Å². The fourth-order valence-corrected chi connectivity index (χ4v) is 1.93. The van der Waals surface area contributed by atoms with Crippen LogP contribution in [0, 0.1) is 11.8 Å². The molecule has 0 rings (SSSR count). The second-order valence-electron chi connectivity index (χ2n) is 4.60. The third kappa shape index (κ3) is 8.79. The zero-order chi connectivity index (χ0) is 11.7. The van der Waals surface area contributed by atoms with Crippen LogP contribution in [0.5, 0.6) is 0 Å². The van der Waals surface area contributed by atoms with E-state index in [1.54, 1.807) is 0 Å². The number of hydrogen-bond donors (Lipinski definition) is 2. The molecule has 0 saturated carbocycles. The van der Waals surface area contributed by atoms with Crippen LogP contribution in [0.3, 0.4) is 0 Å². The highest BCUT2D eigenvalue weighted by Gasteiger charge is 2.14. The van der Waals surface area contributed by atoms with E-state index < -0.39 is 5.97 Å². The fraction of sp³-hybridized carbons (Fsp3) is 0.917. The molecule has 1 unspecified atom stereocenters. The van der Waals surface area contributed by atoms with E-state index in [1.165, 1.54) is 19.3 Å². The first-order chi connectivity index (χ1) is 7.07. The molecule has 0 heterocycles. The molecule has 0 aromatic heterocycles. The Morgan fingerprint density at radius 2 is 1.67 bits per heavy atom. The highest BCUT2D eigenvalue weighted by atomic mass is 32.1. The molecule has 2 nitrogen and oxygen atoms in total. The summed E-state index contributed by atoms with van der Waals surface area (Å²) >= 11 is 4.04. The van der Waals surface area contributed by atoms with Gasteiger partial charge >= 0.3 is 5.97 Å². The van der Waals surface area contributed by atoms with Gasteiger partial charge in [0, 0.05) is 5.75 Å². The minimum atomic E-state index is -0.702. The molecule has 0 bridgehead atoms. The molecule has 0 aliphatic rings. The maximum Gasteiger partial charge on any atom is 0.307 e. The summed E-state index contributed by atoms with van der Waals surface area (Å²) in [5.74, 6) is 0.293. The van der Waals surface area contributed by atoms with Gasteiger partial charge in [0.1, 0.15) is 0 Å². The molecule has 15 heavy (non-hydrogen) atoms. The van der Waals surface area contributed by atoms with Crippen molar-refractivity contribution in [1.82, 2.24) is 0 Å². The Balaban J connectivity index is 3.33. The van der Waals surface area contributed by atoms with Gasteiger partial charge < -0.3 is 5.11 Å². The van der Waals surface area contributed by atoms with Gasteiger partial charge in [-0.05, 0) is 12.3 Å². The molecule has 0 aromatic carbocycles. The summed E-state index contributed by atoms with van der Waals surface area (Å²) in [6.07, 6.45) is 6.75. The summed E-state index contributed by atoms with van der Waals surface area (Å²) in [7, 11) is 0. The van der Waals surface area contributed by atoms with E-state index in [1.807, 2.05) is 0 Å². The van der Waals surface area contributed by atoms with E-state index in [0.717, 1.165) is 25.2 Å². The van der Waals surface area contributed by atoms with Gasteiger partial charge in [-0.15, -0.1) is 0 Å². The second kappa shape index (κ2) is 9.08. The van der Waals surface area contributed by atoms with Crippen LogP contribution < -0.4 is 0 Å². The molecule has 0 aliphatic carbocycles. The van der Waals surface area contributed by atoms with Crippen molar-refractivity contribution in [3.8, 4) is 0 Å². The van der Waals surface area contributed by atoms with Crippen LogP contribution in [-0.4, -0.2) is 16.8 Å². The lowest BCUT2D eigenvalue weighted by molar-refractivity contribution is -0.141. The van der Waals surface area contributed by atoms with Crippen LogP contribution in [0.15, 0.2) is 0 Å². The van der Waals surface area contributed by atoms with Crippen molar-refractivity contribution in [1.29, 1.82) is 0 Å². The highest BCUT2D eigenvalue weighted by Crippen LogP contribution is 2.14. The van der Waals surface area contributed by atoms with Gasteiger partial charge in [0.25, 0.3) is 0 Å². The SMILES string of the molecule is CC(C)CCCCCCC(CS)C(=O)O. The van der Waals surface area contributed by atoms with Crippen molar-refractivity contribution in [3.63, 3.8) is 0 Å². The predicted molar refractivity (Wildman–Crippen MR) is 67.5 cm³/mol. The predicted octanol–water partition coefficient (Wildman–Crippen LogP) is 3.61. The molecular formula is C12H24O2S. The number of carboxylic acids is 1. The Morgan fingerprint density at radius 3 is 2.07 bits per heavy atom. The van der Waals surface area contributed by atoms with Gasteiger partial charge in [-0.2, -0.15) is 12.6 Å². The van der Waals surface area contributed by atoms with Crippen molar-refractivity contribution in [2.45, 2.75) is 52.4 Å². The zero-order valence-electron chi connectivity index (χ0n) is 9.91. The third-order valence-corrected chi connectivity index (χ3v) is 3.09. The Labute approximate surface area is 98.9 Å². The smallest absolute Gasteiger partial charge is 0.307 e. The molecule has 0 spiro atoms. The third-order valence-electron chi connectivity index (χ3n) is 2.65. The van der Waals surface area contributed by atoms with Crippen molar-refractivity contribution in [2.24, 2.45) is 11.8 Å². The maximum absolute atomic E-state index is 10.7.